The Morgan fingerprint density at radius 3 is 2.54 bits per heavy atom. The number of amidine groups is 1. The normalized spacial score (nSPS) is 24.9. The molecule has 0 amide bonds. The van der Waals surface area contributed by atoms with Gasteiger partial charge in [0.2, 0.25) is 0 Å². The summed E-state index contributed by atoms with van der Waals surface area (Å²) in [6, 6.07) is 8.64. The zero-order valence-electron chi connectivity index (χ0n) is 14.6. The van der Waals surface area contributed by atoms with Gasteiger partial charge < -0.3 is 4.90 Å². The van der Waals surface area contributed by atoms with Gasteiger partial charge in [-0.15, -0.1) is 0 Å². The van der Waals surface area contributed by atoms with Crippen LogP contribution in [-0.4, -0.2) is 42.9 Å². The third kappa shape index (κ3) is 3.80. The van der Waals surface area contributed by atoms with Gasteiger partial charge in [0.1, 0.15) is 0 Å². The molecule has 4 nitrogen and oxygen atoms in total. The summed E-state index contributed by atoms with van der Waals surface area (Å²) in [4.78, 5) is 7.03. The number of aliphatic imine (C=N–C) groups is 1. The van der Waals surface area contributed by atoms with Crippen LogP contribution in [0, 0.1) is 0 Å². The quantitative estimate of drug-likeness (QED) is 0.797. The minimum atomic E-state index is -2.90. The number of anilines is 1. The van der Waals surface area contributed by atoms with Gasteiger partial charge in [-0.2, -0.15) is 0 Å². The van der Waals surface area contributed by atoms with Crippen LogP contribution in [0.3, 0.4) is 0 Å². The van der Waals surface area contributed by atoms with Crippen LogP contribution in [0.4, 0.5) is 5.69 Å². The molecule has 2 aliphatic rings. The first kappa shape index (κ1) is 17.8. The van der Waals surface area contributed by atoms with Crippen molar-refractivity contribution in [2.24, 2.45) is 4.99 Å². The molecule has 0 aromatic heterocycles. The fourth-order valence-electron chi connectivity index (χ4n) is 3.16. The molecule has 2 atom stereocenters. The van der Waals surface area contributed by atoms with Gasteiger partial charge in [-0.3, -0.25) is 4.99 Å². The lowest BCUT2D eigenvalue weighted by atomic mass is 10.0. The average molecular weight is 367 g/mol. The van der Waals surface area contributed by atoms with Crippen molar-refractivity contribution in [1.82, 2.24) is 0 Å². The lowest BCUT2D eigenvalue weighted by Gasteiger charge is -2.25. The summed E-state index contributed by atoms with van der Waals surface area (Å²) >= 11 is 1.64. The summed E-state index contributed by atoms with van der Waals surface area (Å²) in [5, 5.41) is 1.09. The minimum Gasteiger partial charge on any atom is -0.321 e. The maximum atomic E-state index is 11.8. The van der Waals surface area contributed by atoms with E-state index in [2.05, 4.69) is 49.9 Å². The molecule has 1 fully saturated rings. The molecule has 3 rings (SSSR count). The molecule has 132 valence electrons. The van der Waals surface area contributed by atoms with Gasteiger partial charge in [0.15, 0.2) is 15.0 Å². The van der Waals surface area contributed by atoms with Gasteiger partial charge in [0.25, 0.3) is 0 Å². The fourth-order valence-corrected chi connectivity index (χ4v) is 6.97. The Hall–Kier alpha value is -1.01. The highest BCUT2D eigenvalue weighted by atomic mass is 32.2. The molecular formula is C18H26N2O2S2. The van der Waals surface area contributed by atoms with Gasteiger partial charge in [-0.1, -0.05) is 51.1 Å². The molecule has 0 N–H and O–H groups in total. The Kier molecular flexibility index (Phi) is 5.25. The van der Waals surface area contributed by atoms with Crippen molar-refractivity contribution < 1.29 is 8.42 Å². The minimum absolute atomic E-state index is 0.0611. The van der Waals surface area contributed by atoms with E-state index in [1.54, 1.807) is 11.8 Å². The van der Waals surface area contributed by atoms with E-state index in [0.29, 0.717) is 5.92 Å². The van der Waals surface area contributed by atoms with E-state index in [0.717, 1.165) is 30.2 Å². The predicted molar refractivity (Wildman–Crippen MR) is 104 cm³/mol. The fraction of sp³-hybridized carbons (Fsp3) is 0.611. The number of rotatable bonds is 5. The second-order valence-electron chi connectivity index (χ2n) is 6.96. The van der Waals surface area contributed by atoms with Crippen LogP contribution in [0.5, 0.6) is 0 Å². The topological polar surface area (TPSA) is 49.7 Å². The van der Waals surface area contributed by atoms with E-state index >= 15 is 0 Å². The molecule has 2 aliphatic heterocycles. The molecule has 0 radical (unpaired) electrons. The van der Waals surface area contributed by atoms with Crippen molar-refractivity contribution >= 4 is 32.5 Å². The summed E-state index contributed by atoms with van der Waals surface area (Å²) in [5.74, 6) is 0.997. The van der Waals surface area contributed by atoms with Gasteiger partial charge in [0.05, 0.1) is 17.5 Å². The molecule has 1 aromatic carbocycles. The molecule has 1 saturated heterocycles. The Balaban J connectivity index is 1.82. The van der Waals surface area contributed by atoms with Crippen LogP contribution in [0.25, 0.3) is 0 Å². The number of benzene rings is 1. The molecule has 0 saturated carbocycles. The summed E-state index contributed by atoms with van der Waals surface area (Å²) < 4.78 is 23.5. The van der Waals surface area contributed by atoms with Crippen molar-refractivity contribution in [3.05, 3.63) is 29.8 Å². The summed E-state index contributed by atoms with van der Waals surface area (Å²) in [5.41, 5.74) is 2.49. The van der Waals surface area contributed by atoms with Crippen molar-refractivity contribution in [1.29, 1.82) is 0 Å². The number of unbranched alkanes of at least 4 members (excludes halogenated alkanes) is 1. The van der Waals surface area contributed by atoms with E-state index in [9.17, 15) is 8.42 Å². The van der Waals surface area contributed by atoms with Gasteiger partial charge >= 0.3 is 0 Å². The van der Waals surface area contributed by atoms with E-state index in [1.165, 1.54) is 5.56 Å². The first-order valence-electron chi connectivity index (χ1n) is 8.72. The Bertz CT molecular complexity index is 711. The van der Waals surface area contributed by atoms with Crippen LogP contribution in [0.1, 0.15) is 45.1 Å². The number of nitrogens with zero attached hydrogens (tertiary/aromatic N) is 2. The summed E-state index contributed by atoms with van der Waals surface area (Å²) in [6.45, 7) is 7.51. The zero-order valence-corrected chi connectivity index (χ0v) is 16.2. The van der Waals surface area contributed by atoms with Crippen LogP contribution in [0.2, 0.25) is 0 Å². The van der Waals surface area contributed by atoms with Gasteiger partial charge in [-0.25, -0.2) is 8.42 Å². The van der Waals surface area contributed by atoms with Gasteiger partial charge in [-0.05, 0) is 30.0 Å². The Morgan fingerprint density at radius 2 is 1.96 bits per heavy atom. The Labute approximate surface area is 149 Å². The molecule has 24 heavy (non-hydrogen) atoms. The molecule has 2 heterocycles. The SMILES string of the molecule is CCCCN(C1=N[C@@H]2CS(=O)(=O)C[C@@H]2S1)c1ccc(C(C)C)cc1. The van der Waals surface area contributed by atoms with Crippen LogP contribution >= 0.6 is 11.8 Å². The largest absolute Gasteiger partial charge is 0.321 e. The average Bonchev–Trinajstić information content (AvgIpc) is 3.01. The monoisotopic (exact) mass is 366 g/mol. The number of hydrogen-bond donors (Lipinski definition) is 0. The highest BCUT2D eigenvalue weighted by molar-refractivity contribution is 8.15. The zero-order chi connectivity index (χ0) is 17.3. The molecule has 0 bridgehead atoms. The molecule has 1 aromatic rings. The van der Waals surface area contributed by atoms with Crippen molar-refractivity contribution in [3.63, 3.8) is 0 Å². The molecule has 0 spiro atoms. The van der Waals surface area contributed by atoms with E-state index in [-0.39, 0.29) is 22.8 Å². The third-order valence-electron chi connectivity index (χ3n) is 4.64. The molecule has 6 heteroatoms. The first-order chi connectivity index (χ1) is 11.4. The molecular weight excluding hydrogens is 340 g/mol. The second-order valence-corrected chi connectivity index (χ2v) is 10.3. The predicted octanol–water partition coefficient (Wildman–Crippen LogP) is 3.68. The number of fused-ring (bicyclic) bond motifs is 1. The summed E-state index contributed by atoms with van der Waals surface area (Å²) in [6.07, 6.45) is 2.22. The standard InChI is InChI=1S/C18H26N2O2S2/c1-4-5-10-20(15-8-6-14(7-9-15)13(2)3)18-19-16-11-24(21,22)12-17(16)23-18/h6-9,13,16-17H,4-5,10-12H2,1-3H3/t16-,17+/m1/s1. The van der Waals surface area contributed by atoms with E-state index in [4.69, 9.17) is 4.99 Å². The highest BCUT2D eigenvalue weighted by Crippen LogP contribution is 2.37. The highest BCUT2D eigenvalue weighted by Gasteiger charge is 2.43. The number of hydrogen-bond acceptors (Lipinski definition) is 5. The van der Waals surface area contributed by atoms with Crippen LogP contribution in [0.15, 0.2) is 29.3 Å². The number of sulfone groups is 1. The van der Waals surface area contributed by atoms with Crippen LogP contribution in [-0.2, 0) is 9.84 Å². The maximum absolute atomic E-state index is 11.8. The maximum Gasteiger partial charge on any atom is 0.164 e. The lowest BCUT2D eigenvalue weighted by molar-refractivity contribution is 0.601. The van der Waals surface area contributed by atoms with E-state index in [1.807, 2.05) is 0 Å². The first-order valence-corrected chi connectivity index (χ1v) is 11.4. The number of thioether (sulfide) groups is 1. The Morgan fingerprint density at radius 1 is 1.25 bits per heavy atom. The molecule has 0 aliphatic carbocycles. The summed E-state index contributed by atoms with van der Waals surface area (Å²) in [7, 11) is -2.90. The third-order valence-corrected chi connectivity index (χ3v) is 7.89. The van der Waals surface area contributed by atoms with Crippen molar-refractivity contribution in [2.45, 2.75) is 50.8 Å². The van der Waals surface area contributed by atoms with Crippen molar-refractivity contribution in [3.8, 4) is 0 Å². The van der Waals surface area contributed by atoms with Crippen LogP contribution < -0.4 is 4.90 Å². The molecule has 0 unspecified atom stereocenters. The van der Waals surface area contributed by atoms with Gasteiger partial charge in [0, 0.05) is 17.5 Å². The lowest BCUT2D eigenvalue weighted by Crippen LogP contribution is -2.29. The smallest absolute Gasteiger partial charge is 0.164 e. The van der Waals surface area contributed by atoms with Crippen molar-refractivity contribution in [2.75, 3.05) is 23.0 Å². The second kappa shape index (κ2) is 7.08. The van der Waals surface area contributed by atoms with E-state index < -0.39 is 9.84 Å².